The van der Waals surface area contributed by atoms with Gasteiger partial charge in [0.15, 0.2) is 0 Å². The Morgan fingerprint density at radius 2 is 1.78 bits per heavy atom. The molecule has 1 aromatic heterocycles. The molecule has 1 aliphatic rings. The summed E-state index contributed by atoms with van der Waals surface area (Å²) in [6.07, 6.45) is 0. The van der Waals surface area contributed by atoms with Crippen LogP contribution >= 0.6 is 0 Å². The quantitative estimate of drug-likeness (QED) is 0.843. The fourth-order valence-corrected chi connectivity index (χ4v) is 2.85. The van der Waals surface area contributed by atoms with Gasteiger partial charge in [-0.1, -0.05) is 0 Å². The lowest BCUT2D eigenvalue weighted by Crippen LogP contribution is -2.55. The second-order valence-electron chi connectivity index (χ2n) is 5.44. The molecule has 2 atom stereocenters. The van der Waals surface area contributed by atoms with Crippen molar-refractivity contribution in [1.82, 2.24) is 14.7 Å². The highest BCUT2D eigenvalue weighted by molar-refractivity contribution is 5.50. The van der Waals surface area contributed by atoms with Crippen LogP contribution in [0.2, 0.25) is 0 Å². The molecule has 0 bridgehead atoms. The van der Waals surface area contributed by atoms with Crippen LogP contribution in [0.5, 0.6) is 0 Å². The monoisotopic (exact) mass is 252 g/mol. The summed E-state index contributed by atoms with van der Waals surface area (Å²) >= 11 is 0. The molecule has 0 spiro atoms. The van der Waals surface area contributed by atoms with E-state index in [4.69, 9.17) is 0 Å². The van der Waals surface area contributed by atoms with Crippen molar-refractivity contribution < 1.29 is 5.11 Å². The molecule has 18 heavy (non-hydrogen) atoms. The standard InChI is InChI=1S/C13H24N4O/c1-9-6-17(7-10(2)15(9)4)13-12(8-18)11(3)14-16(13)5/h9-10,18H,6-8H2,1-5H3. The average molecular weight is 252 g/mol. The zero-order valence-corrected chi connectivity index (χ0v) is 12.0. The van der Waals surface area contributed by atoms with Crippen LogP contribution in [0, 0.1) is 6.92 Å². The maximum Gasteiger partial charge on any atom is 0.132 e. The first-order valence-corrected chi connectivity index (χ1v) is 6.56. The Kier molecular flexibility index (Phi) is 3.64. The summed E-state index contributed by atoms with van der Waals surface area (Å²) in [5.74, 6) is 1.07. The maximum atomic E-state index is 9.54. The average Bonchev–Trinajstić information content (AvgIpc) is 2.59. The van der Waals surface area contributed by atoms with Gasteiger partial charge in [-0.25, -0.2) is 0 Å². The van der Waals surface area contributed by atoms with Gasteiger partial charge in [0.05, 0.1) is 12.3 Å². The zero-order valence-electron chi connectivity index (χ0n) is 12.0. The molecule has 0 amide bonds. The molecule has 2 unspecified atom stereocenters. The Bertz CT molecular complexity index is 417. The van der Waals surface area contributed by atoms with Gasteiger partial charge in [-0.2, -0.15) is 5.10 Å². The number of aromatic nitrogens is 2. The number of likely N-dealkylation sites (N-methyl/N-ethyl adjacent to an activating group) is 1. The van der Waals surface area contributed by atoms with Gasteiger partial charge in [0.1, 0.15) is 5.82 Å². The van der Waals surface area contributed by atoms with E-state index in [0.29, 0.717) is 12.1 Å². The number of aliphatic hydroxyl groups excluding tert-OH is 1. The minimum atomic E-state index is 0.0596. The molecule has 2 heterocycles. The van der Waals surface area contributed by atoms with Crippen LogP contribution in [0.3, 0.4) is 0 Å². The number of anilines is 1. The van der Waals surface area contributed by atoms with E-state index in [-0.39, 0.29) is 6.61 Å². The van der Waals surface area contributed by atoms with Crippen molar-refractivity contribution in [2.75, 3.05) is 25.0 Å². The molecule has 0 radical (unpaired) electrons. The van der Waals surface area contributed by atoms with E-state index in [0.717, 1.165) is 30.2 Å². The smallest absolute Gasteiger partial charge is 0.132 e. The third-order valence-corrected chi connectivity index (χ3v) is 4.13. The SMILES string of the molecule is Cc1nn(C)c(N2CC(C)N(C)C(C)C2)c1CO. The van der Waals surface area contributed by atoms with Crippen LogP contribution in [0.1, 0.15) is 25.1 Å². The van der Waals surface area contributed by atoms with Gasteiger partial charge in [-0.3, -0.25) is 9.58 Å². The van der Waals surface area contributed by atoms with Crippen molar-refractivity contribution >= 4 is 5.82 Å². The first kappa shape index (κ1) is 13.4. The van der Waals surface area contributed by atoms with E-state index < -0.39 is 0 Å². The Morgan fingerprint density at radius 1 is 1.22 bits per heavy atom. The molecule has 1 N–H and O–H groups in total. The van der Waals surface area contributed by atoms with Crippen LogP contribution < -0.4 is 4.90 Å². The molecule has 102 valence electrons. The van der Waals surface area contributed by atoms with Crippen molar-refractivity contribution in [2.24, 2.45) is 7.05 Å². The summed E-state index contributed by atoms with van der Waals surface area (Å²) < 4.78 is 1.89. The van der Waals surface area contributed by atoms with Gasteiger partial charge < -0.3 is 10.0 Å². The molecule has 0 aliphatic carbocycles. The predicted molar refractivity (Wildman–Crippen MR) is 72.8 cm³/mol. The highest BCUT2D eigenvalue weighted by atomic mass is 16.3. The fraction of sp³-hybridized carbons (Fsp3) is 0.769. The van der Waals surface area contributed by atoms with E-state index in [1.54, 1.807) is 0 Å². The largest absolute Gasteiger partial charge is 0.391 e. The highest BCUT2D eigenvalue weighted by Crippen LogP contribution is 2.26. The van der Waals surface area contributed by atoms with Gasteiger partial charge in [0, 0.05) is 37.8 Å². The topological polar surface area (TPSA) is 44.5 Å². The molecule has 1 fully saturated rings. The number of aliphatic hydroxyl groups is 1. The first-order valence-electron chi connectivity index (χ1n) is 6.56. The number of rotatable bonds is 2. The highest BCUT2D eigenvalue weighted by Gasteiger charge is 2.29. The molecule has 1 aliphatic heterocycles. The number of nitrogens with zero attached hydrogens (tertiary/aromatic N) is 4. The van der Waals surface area contributed by atoms with E-state index in [9.17, 15) is 5.11 Å². The fourth-order valence-electron chi connectivity index (χ4n) is 2.85. The van der Waals surface area contributed by atoms with E-state index >= 15 is 0 Å². The van der Waals surface area contributed by atoms with Gasteiger partial charge in [-0.15, -0.1) is 0 Å². The van der Waals surface area contributed by atoms with Crippen molar-refractivity contribution in [3.63, 3.8) is 0 Å². The van der Waals surface area contributed by atoms with Crippen molar-refractivity contribution in [1.29, 1.82) is 0 Å². The molecule has 1 aromatic rings. The lowest BCUT2D eigenvalue weighted by molar-refractivity contribution is 0.168. The van der Waals surface area contributed by atoms with Crippen LogP contribution in [0.25, 0.3) is 0 Å². The Balaban J connectivity index is 2.32. The molecular formula is C13H24N4O. The second-order valence-corrected chi connectivity index (χ2v) is 5.44. The molecule has 0 aromatic carbocycles. The van der Waals surface area contributed by atoms with E-state index in [1.807, 2.05) is 18.7 Å². The van der Waals surface area contributed by atoms with E-state index in [2.05, 4.69) is 35.8 Å². The minimum absolute atomic E-state index is 0.0596. The summed E-state index contributed by atoms with van der Waals surface area (Å²) in [5, 5.41) is 14.0. The molecular weight excluding hydrogens is 228 g/mol. The van der Waals surface area contributed by atoms with Crippen LogP contribution in [-0.2, 0) is 13.7 Å². The van der Waals surface area contributed by atoms with Crippen molar-refractivity contribution in [3.8, 4) is 0 Å². The second kappa shape index (κ2) is 4.90. The lowest BCUT2D eigenvalue weighted by Gasteiger charge is -2.43. The van der Waals surface area contributed by atoms with Gasteiger partial charge in [-0.05, 0) is 27.8 Å². The summed E-state index contributed by atoms with van der Waals surface area (Å²) in [7, 11) is 4.13. The van der Waals surface area contributed by atoms with Crippen LogP contribution in [0.15, 0.2) is 0 Å². The number of piperazine rings is 1. The van der Waals surface area contributed by atoms with Crippen LogP contribution in [0.4, 0.5) is 5.82 Å². The third kappa shape index (κ3) is 2.12. The van der Waals surface area contributed by atoms with Crippen molar-refractivity contribution in [3.05, 3.63) is 11.3 Å². The number of hydrogen-bond acceptors (Lipinski definition) is 4. The normalized spacial score (nSPS) is 25.8. The van der Waals surface area contributed by atoms with E-state index in [1.165, 1.54) is 0 Å². The minimum Gasteiger partial charge on any atom is -0.391 e. The zero-order chi connectivity index (χ0) is 13.4. The van der Waals surface area contributed by atoms with Gasteiger partial charge in [0.25, 0.3) is 0 Å². The van der Waals surface area contributed by atoms with Gasteiger partial charge >= 0.3 is 0 Å². The number of aryl methyl sites for hydroxylation is 2. The molecule has 1 saturated heterocycles. The predicted octanol–water partition coefficient (Wildman–Crippen LogP) is 0.750. The molecule has 5 nitrogen and oxygen atoms in total. The van der Waals surface area contributed by atoms with Crippen molar-refractivity contribution in [2.45, 2.75) is 39.5 Å². The van der Waals surface area contributed by atoms with Crippen LogP contribution in [-0.4, -0.2) is 52.0 Å². The Labute approximate surface area is 109 Å². The molecule has 0 saturated carbocycles. The first-order chi connectivity index (χ1) is 8.45. The lowest BCUT2D eigenvalue weighted by atomic mass is 10.1. The summed E-state index contributed by atoms with van der Waals surface area (Å²) in [5.41, 5.74) is 1.88. The summed E-state index contributed by atoms with van der Waals surface area (Å²) in [6.45, 7) is 8.46. The molecule has 2 rings (SSSR count). The number of hydrogen-bond donors (Lipinski definition) is 1. The maximum absolute atomic E-state index is 9.54. The van der Waals surface area contributed by atoms with Gasteiger partial charge in [0.2, 0.25) is 0 Å². The Morgan fingerprint density at radius 3 is 2.28 bits per heavy atom. The summed E-state index contributed by atoms with van der Waals surface area (Å²) in [4.78, 5) is 4.75. The third-order valence-electron chi connectivity index (χ3n) is 4.13. The molecule has 5 heteroatoms. The Hall–Kier alpha value is -1.07. The summed E-state index contributed by atoms with van der Waals surface area (Å²) in [6, 6.07) is 1.02.